The number of anilines is 1. The van der Waals surface area contributed by atoms with E-state index < -0.39 is 0 Å². The quantitative estimate of drug-likeness (QED) is 0.882. The lowest BCUT2D eigenvalue weighted by Gasteiger charge is -2.23. The minimum Gasteiger partial charge on any atom is -0.395 e. The van der Waals surface area contributed by atoms with Gasteiger partial charge in [0.1, 0.15) is 0 Å². The molecule has 0 aliphatic carbocycles. The molecule has 3 N–H and O–H groups in total. The van der Waals surface area contributed by atoms with Crippen molar-refractivity contribution in [2.24, 2.45) is 5.73 Å². The van der Waals surface area contributed by atoms with Crippen molar-refractivity contribution >= 4 is 28.2 Å². The summed E-state index contributed by atoms with van der Waals surface area (Å²) in [7, 11) is 1.94. The fourth-order valence-corrected chi connectivity index (χ4v) is 2.11. The van der Waals surface area contributed by atoms with E-state index in [0.717, 1.165) is 16.6 Å². The smallest absolute Gasteiger partial charge is 0.0737 e. The molecule has 1 heterocycles. The van der Waals surface area contributed by atoms with Gasteiger partial charge in [-0.25, -0.2) is 0 Å². The number of nitrogens with zero attached hydrogens (tertiary/aromatic N) is 2. The molecule has 1 aromatic carbocycles. The largest absolute Gasteiger partial charge is 0.395 e. The summed E-state index contributed by atoms with van der Waals surface area (Å²) in [6.45, 7) is 0.553. The zero-order valence-corrected chi connectivity index (χ0v) is 10.9. The van der Waals surface area contributed by atoms with Crippen molar-refractivity contribution in [2.45, 2.75) is 6.04 Å². The van der Waals surface area contributed by atoms with Gasteiger partial charge in [0.25, 0.3) is 0 Å². The van der Waals surface area contributed by atoms with Crippen LogP contribution < -0.4 is 10.6 Å². The fourth-order valence-electron chi connectivity index (χ4n) is 1.95. The van der Waals surface area contributed by atoms with Gasteiger partial charge in [0.05, 0.1) is 12.1 Å². The van der Waals surface area contributed by atoms with Crippen molar-refractivity contribution in [1.82, 2.24) is 4.98 Å². The maximum atomic E-state index is 9.00. The van der Waals surface area contributed by atoms with Crippen LogP contribution in [0.3, 0.4) is 0 Å². The first-order chi connectivity index (χ1) is 8.61. The number of aliphatic hydroxyl groups is 1. The van der Waals surface area contributed by atoms with Gasteiger partial charge in [0.15, 0.2) is 0 Å². The number of hydrogen-bond donors (Lipinski definition) is 2. The van der Waals surface area contributed by atoms with Crippen LogP contribution >= 0.6 is 11.6 Å². The molecule has 0 spiro atoms. The Bertz CT molecular complexity index is 547. The van der Waals surface area contributed by atoms with Crippen LogP contribution in [0, 0.1) is 0 Å². The molecular weight excluding hydrogens is 250 g/mol. The Balaban J connectivity index is 2.38. The lowest BCUT2D eigenvalue weighted by atomic mass is 10.1. The number of aliphatic hydroxyl groups excluding tert-OH is 1. The standard InChI is InChI=1S/C13H16ClN3O/c1-17(7-10(15)8-18)13-4-5-16-12-6-9(14)2-3-11(12)13/h2-6,10,18H,7-8,15H2,1H3. The highest BCUT2D eigenvalue weighted by molar-refractivity contribution is 6.31. The third-order valence-electron chi connectivity index (χ3n) is 2.84. The maximum Gasteiger partial charge on any atom is 0.0737 e. The Morgan fingerprint density at radius 3 is 2.94 bits per heavy atom. The Labute approximate surface area is 111 Å². The molecule has 1 unspecified atom stereocenters. The number of pyridine rings is 1. The van der Waals surface area contributed by atoms with Gasteiger partial charge >= 0.3 is 0 Å². The molecule has 0 bridgehead atoms. The summed E-state index contributed by atoms with van der Waals surface area (Å²) in [5, 5.41) is 10.7. The topological polar surface area (TPSA) is 62.4 Å². The summed E-state index contributed by atoms with van der Waals surface area (Å²) in [6.07, 6.45) is 1.75. The molecule has 0 aliphatic heterocycles. The van der Waals surface area contributed by atoms with Gasteiger partial charge < -0.3 is 15.7 Å². The molecule has 1 atom stereocenters. The van der Waals surface area contributed by atoms with E-state index in [2.05, 4.69) is 4.98 Å². The van der Waals surface area contributed by atoms with Crippen LogP contribution in [0.5, 0.6) is 0 Å². The molecule has 0 saturated heterocycles. The monoisotopic (exact) mass is 265 g/mol. The van der Waals surface area contributed by atoms with Crippen LogP contribution in [0.1, 0.15) is 0 Å². The average Bonchev–Trinajstić information content (AvgIpc) is 2.37. The first-order valence-corrected chi connectivity index (χ1v) is 6.11. The van der Waals surface area contributed by atoms with Crippen molar-refractivity contribution in [3.63, 3.8) is 0 Å². The number of hydrogen-bond acceptors (Lipinski definition) is 4. The van der Waals surface area contributed by atoms with Crippen molar-refractivity contribution in [1.29, 1.82) is 0 Å². The molecule has 2 aromatic rings. The van der Waals surface area contributed by atoms with Gasteiger partial charge in [0.2, 0.25) is 0 Å². The first-order valence-electron chi connectivity index (χ1n) is 5.73. The van der Waals surface area contributed by atoms with E-state index in [1.807, 2.05) is 36.2 Å². The van der Waals surface area contributed by atoms with Crippen LogP contribution in [-0.2, 0) is 0 Å². The minimum atomic E-state index is -0.259. The highest BCUT2D eigenvalue weighted by atomic mass is 35.5. The summed E-state index contributed by atoms with van der Waals surface area (Å²) < 4.78 is 0. The van der Waals surface area contributed by atoms with Crippen LogP contribution in [0.2, 0.25) is 5.02 Å². The van der Waals surface area contributed by atoms with E-state index in [0.29, 0.717) is 11.6 Å². The van der Waals surface area contributed by atoms with Gasteiger partial charge in [0, 0.05) is 41.9 Å². The predicted octanol–water partition coefficient (Wildman–Crippen LogP) is 1.64. The van der Waals surface area contributed by atoms with Crippen LogP contribution in [0.4, 0.5) is 5.69 Å². The Morgan fingerprint density at radius 1 is 1.44 bits per heavy atom. The molecule has 18 heavy (non-hydrogen) atoms. The number of fused-ring (bicyclic) bond motifs is 1. The van der Waals surface area contributed by atoms with E-state index in [1.165, 1.54) is 0 Å². The van der Waals surface area contributed by atoms with Crippen molar-refractivity contribution in [3.8, 4) is 0 Å². The lowest BCUT2D eigenvalue weighted by Crippen LogP contribution is -2.37. The number of benzene rings is 1. The van der Waals surface area contributed by atoms with Crippen molar-refractivity contribution < 1.29 is 5.11 Å². The maximum absolute atomic E-state index is 9.00. The molecule has 0 amide bonds. The van der Waals surface area contributed by atoms with E-state index >= 15 is 0 Å². The molecular formula is C13H16ClN3O. The van der Waals surface area contributed by atoms with Gasteiger partial charge in [-0.15, -0.1) is 0 Å². The van der Waals surface area contributed by atoms with Gasteiger partial charge in [-0.1, -0.05) is 11.6 Å². The second-order valence-corrected chi connectivity index (χ2v) is 4.75. The second kappa shape index (κ2) is 5.52. The molecule has 4 nitrogen and oxygen atoms in total. The number of halogens is 1. The number of nitrogens with two attached hydrogens (primary N) is 1. The molecule has 0 aliphatic rings. The third kappa shape index (κ3) is 2.72. The molecule has 1 aromatic heterocycles. The van der Waals surface area contributed by atoms with Crippen molar-refractivity contribution in [2.75, 3.05) is 25.1 Å². The van der Waals surface area contributed by atoms with Gasteiger partial charge in [-0.05, 0) is 24.3 Å². The van der Waals surface area contributed by atoms with E-state index in [9.17, 15) is 0 Å². The molecule has 2 rings (SSSR count). The molecule has 96 valence electrons. The van der Waals surface area contributed by atoms with E-state index in [1.54, 1.807) is 6.20 Å². The summed E-state index contributed by atoms with van der Waals surface area (Å²) >= 11 is 5.95. The SMILES string of the molecule is CN(CC(N)CO)c1ccnc2cc(Cl)ccc12. The summed E-state index contributed by atoms with van der Waals surface area (Å²) in [6, 6.07) is 7.29. The first kappa shape index (κ1) is 13.1. The Kier molecular flexibility index (Phi) is 4.01. The number of rotatable bonds is 4. The zero-order valence-electron chi connectivity index (χ0n) is 10.2. The molecule has 0 saturated carbocycles. The highest BCUT2D eigenvalue weighted by Crippen LogP contribution is 2.26. The predicted molar refractivity (Wildman–Crippen MR) is 75.1 cm³/mol. The molecule has 5 heteroatoms. The van der Waals surface area contributed by atoms with Crippen LogP contribution in [0.25, 0.3) is 10.9 Å². The van der Waals surface area contributed by atoms with Crippen molar-refractivity contribution in [3.05, 3.63) is 35.5 Å². The Morgan fingerprint density at radius 2 is 2.22 bits per heavy atom. The van der Waals surface area contributed by atoms with Crippen LogP contribution in [-0.4, -0.2) is 36.3 Å². The number of likely N-dealkylation sites (N-methyl/N-ethyl adjacent to an activating group) is 1. The zero-order chi connectivity index (χ0) is 13.1. The third-order valence-corrected chi connectivity index (χ3v) is 3.07. The minimum absolute atomic E-state index is 0.0286. The van der Waals surface area contributed by atoms with E-state index in [-0.39, 0.29) is 12.6 Å². The second-order valence-electron chi connectivity index (χ2n) is 4.31. The highest BCUT2D eigenvalue weighted by Gasteiger charge is 2.10. The average molecular weight is 266 g/mol. The Hall–Kier alpha value is -1.36. The van der Waals surface area contributed by atoms with Crippen LogP contribution in [0.15, 0.2) is 30.5 Å². The fraction of sp³-hybridized carbons (Fsp3) is 0.308. The lowest BCUT2D eigenvalue weighted by molar-refractivity contribution is 0.267. The number of aromatic nitrogens is 1. The van der Waals surface area contributed by atoms with Gasteiger partial charge in [-0.2, -0.15) is 0 Å². The summed E-state index contributed by atoms with van der Waals surface area (Å²) in [5.74, 6) is 0. The summed E-state index contributed by atoms with van der Waals surface area (Å²) in [4.78, 5) is 6.31. The molecule has 0 radical (unpaired) electrons. The summed E-state index contributed by atoms with van der Waals surface area (Å²) in [5.41, 5.74) is 7.63. The normalized spacial score (nSPS) is 12.7. The molecule has 0 fully saturated rings. The van der Waals surface area contributed by atoms with Gasteiger partial charge in [-0.3, -0.25) is 4.98 Å². The van der Waals surface area contributed by atoms with E-state index in [4.69, 9.17) is 22.4 Å².